The number of hydrogen-bond donors (Lipinski definition) is 2. The first-order chi connectivity index (χ1) is 10.5. The molecule has 2 N–H and O–H groups in total. The van der Waals surface area contributed by atoms with E-state index in [0.29, 0.717) is 0 Å². The molecule has 1 heterocycles. The summed E-state index contributed by atoms with van der Waals surface area (Å²) in [5.41, 5.74) is 0. The number of rotatable bonds is 5. The van der Waals surface area contributed by atoms with Crippen LogP contribution in [-0.4, -0.2) is 60.5 Å². The molecule has 1 amide bonds. The smallest absolute Gasteiger partial charge is 0.223 e. The zero-order valence-electron chi connectivity index (χ0n) is 14.2. The first-order valence-electron chi connectivity index (χ1n) is 8.39. The van der Waals surface area contributed by atoms with Crippen LogP contribution in [0.1, 0.15) is 39.5 Å². The molecule has 1 saturated heterocycles. The summed E-state index contributed by atoms with van der Waals surface area (Å²) in [6.07, 6.45) is 4.28. The van der Waals surface area contributed by atoms with Gasteiger partial charge in [0.2, 0.25) is 5.91 Å². The highest BCUT2D eigenvalue weighted by Gasteiger charge is 2.28. The standard InChI is InChI=1S/C16H30N4OS/c1-16(2)12-20(10-11-22-16)15(17-3)19-9-5-8-18-14(21)13-6-4-7-13/h13H,4-12H2,1-3H3,(H,17,19)(H,18,21). The lowest BCUT2D eigenvalue weighted by Crippen LogP contribution is -2.51. The van der Waals surface area contributed by atoms with Crippen molar-refractivity contribution in [2.24, 2.45) is 10.9 Å². The summed E-state index contributed by atoms with van der Waals surface area (Å²) in [6.45, 7) is 8.24. The molecule has 2 fully saturated rings. The third-order valence-electron chi connectivity index (χ3n) is 4.35. The van der Waals surface area contributed by atoms with Gasteiger partial charge in [0.1, 0.15) is 0 Å². The SMILES string of the molecule is CN=C(NCCCNC(=O)C1CCC1)N1CCSC(C)(C)C1. The number of nitrogens with one attached hydrogen (secondary N) is 2. The Bertz CT molecular complexity index is 407. The third-order valence-corrected chi connectivity index (χ3v) is 5.65. The van der Waals surface area contributed by atoms with E-state index in [9.17, 15) is 4.79 Å². The van der Waals surface area contributed by atoms with E-state index in [0.717, 1.165) is 57.2 Å². The molecule has 0 aromatic heterocycles. The van der Waals surface area contributed by atoms with E-state index < -0.39 is 0 Å². The Labute approximate surface area is 138 Å². The van der Waals surface area contributed by atoms with Gasteiger partial charge in [0, 0.05) is 49.6 Å². The van der Waals surface area contributed by atoms with Crippen LogP contribution in [0, 0.1) is 5.92 Å². The van der Waals surface area contributed by atoms with Crippen LogP contribution in [0.25, 0.3) is 0 Å². The molecular formula is C16H30N4OS. The summed E-state index contributed by atoms with van der Waals surface area (Å²) < 4.78 is 0.284. The molecule has 1 aliphatic heterocycles. The maximum absolute atomic E-state index is 11.7. The summed E-state index contributed by atoms with van der Waals surface area (Å²) in [5, 5.41) is 6.46. The molecule has 0 aromatic carbocycles. The zero-order chi connectivity index (χ0) is 16.0. The van der Waals surface area contributed by atoms with Gasteiger partial charge in [-0.2, -0.15) is 11.8 Å². The van der Waals surface area contributed by atoms with E-state index in [1.807, 2.05) is 18.8 Å². The van der Waals surface area contributed by atoms with Crippen molar-refractivity contribution >= 4 is 23.6 Å². The number of carbonyl (C=O) groups is 1. The van der Waals surface area contributed by atoms with Gasteiger partial charge in [-0.1, -0.05) is 6.42 Å². The topological polar surface area (TPSA) is 56.7 Å². The summed E-state index contributed by atoms with van der Waals surface area (Å²) in [7, 11) is 1.84. The Balaban J connectivity index is 1.63. The van der Waals surface area contributed by atoms with E-state index in [1.54, 1.807) is 0 Å². The van der Waals surface area contributed by atoms with Crippen molar-refractivity contribution in [3.63, 3.8) is 0 Å². The number of nitrogens with zero attached hydrogens (tertiary/aromatic N) is 2. The molecule has 0 unspecified atom stereocenters. The van der Waals surface area contributed by atoms with Gasteiger partial charge >= 0.3 is 0 Å². The summed E-state index contributed by atoms with van der Waals surface area (Å²) in [6, 6.07) is 0. The van der Waals surface area contributed by atoms with Crippen molar-refractivity contribution in [1.29, 1.82) is 0 Å². The van der Waals surface area contributed by atoms with Crippen LogP contribution in [0.15, 0.2) is 4.99 Å². The molecule has 6 heteroatoms. The van der Waals surface area contributed by atoms with Crippen LogP contribution in [0.4, 0.5) is 0 Å². The Morgan fingerprint density at radius 3 is 2.64 bits per heavy atom. The molecule has 22 heavy (non-hydrogen) atoms. The number of carbonyl (C=O) groups excluding carboxylic acids is 1. The minimum Gasteiger partial charge on any atom is -0.356 e. The predicted molar refractivity (Wildman–Crippen MR) is 94.4 cm³/mol. The average molecular weight is 327 g/mol. The normalized spacial score (nSPS) is 22.1. The maximum atomic E-state index is 11.7. The van der Waals surface area contributed by atoms with Crippen LogP contribution in [0.3, 0.4) is 0 Å². The lowest BCUT2D eigenvalue weighted by Gasteiger charge is -2.39. The first-order valence-corrected chi connectivity index (χ1v) is 9.38. The monoisotopic (exact) mass is 326 g/mol. The molecule has 5 nitrogen and oxygen atoms in total. The van der Waals surface area contributed by atoms with Crippen molar-refractivity contribution < 1.29 is 4.79 Å². The van der Waals surface area contributed by atoms with Gasteiger partial charge in [-0.15, -0.1) is 0 Å². The van der Waals surface area contributed by atoms with Gasteiger partial charge in [0.05, 0.1) is 0 Å². The fourth-order valence-electron chi connectivity index (χ4n) is 2.84. The Morgan fingerprint density at radius 2 is 2.05 bits per heavy atom. The zero-order valence-corrected chi connectivity index (χ0v) is 15.0. The summed E-state index contributed by atoms with van der Waals surface area (Å²) in [4.78, 5) is 18.5. The van der Waals surface area contributed by atoms with Crippen molar-refractivity contribution in [3.8, 4) is 0 Å². The second-order valence-electron chi connectivity index (χ2n) is 6.78. The molecular weight excluding hydrogens is 296 g/mol. The summed E-state index contributed by atoms with van der Waals surface area (Å²) >= 11 is 2.03. The lowest BCUT2D eigenvalue weighted by atomic mass is 9.85. The molecule has 0 atom stereocenters. The average Bonchev–Trinajstić information content (AvgIpc) is 2.39. The molecule has 0 spiro atoms. The number of aliphatic imine (C=N–C) groups is 1. The Hall–Kier alpha value is -0.910. The number of amides is 1. The van der Waals surface area contributed by atoms with Gasteiger partial charge in [-0.05, 0) is 33.1 Å². The predicted octanol–water partition coefficient (Wildman–Crippen LogP) is 1.70. The highest BCUT2D eigenvalue weighted by Crippen LogP contribution is 2.29. The van der Waals surface area contributed by atoms with Gasteiger partial charge in [-0.3, -0.25) is 9.79 Å². The van der Waals surface area contributed by atoms with Crippen molar-refractivity contribution in [3.05, 3.63) is 0 Å². The van der Waals surface area contributed by atoms with E-state index in [1.165, 1.54) is 6.42 Å². The van der Waals surface area contributed by atoms with Gasteiger partial charge < -0.3 is 15.5 Å². The van der Waals surface area contributed by atoms with Crippen LogP contribution in [0.2, 0.25) is 0 Å². The Morgan fingerprint density at radius 1 is 1.32 bits per heavy atom. The van der Waals surface area contributed by atoms with Crippen LogP contribution in [0.5, 0.6) is 0 Å². The molecule has 2 aliphatic rings. The van der Waals surface area contributed by atoms with E-state index >= 15 is 0 Å². The highest BCUT2D eigenvalue weighted by atomic mass is 32.2. The second-order valence-corrected chi connectivity index (χ2v) is 8.58. The van der Waals surface area contributed by atoms with Crippen LogP contribution in [-0.2, 0) is 4.79 Å². The summed E-state index contributed by atoms with van der Waals surface area (Å²) in [5.74, 6) is 2.66. The van der Waals surface area contributed by atoms with E-state index in [2.05, 4.69) is 34.4 Å². The molecule has 0 bridgehead atoms. The molecule has 0 radical (unpaired) electrons. The minimum absolute atomic E-state index is 0.241. The molecule has 0 aromatic rings. The number of guanidine groups is 1. The molecule has 126 valence electrons. The van der Waals surface area contributed by atoms with E-state index in [-0.39, 0.29) is 16.6 Å². The van der Waals surface area contributed by atoms with Crippen molar-refractivity contribution in [2.45, 2.75) is 44.3 Å². The number of thioether (sulfide) groups is 1. The van der Waals surface area contributed by atoms with Crippen LogP contribution >= 0.6 is 11.8 Å². The lowest BCUT2D eigenvalue weighted by molar-refractivity contribution is -0.127. The largest absolute Gasteiger partial charge is 0.356 e. The molecule has 2 rings (SSSR count). The molecule has 1 aliphatic carbocycles. The van der Waals surface area contributed by atoms with Crippen molar-refractivity contribution in [1.82, 2.24) is 15.5 Å². The highest BCUT2D eigenvalue weighted by molar-refractivity contribution is 8.00. The van der Waals surface area contributed by atoms with Crippen molar-refractivity contribution in [2.75, 3.05) is 39.0 Å². The third kappa shape index (κ3) is 5.07. The first kappa shape index (κ1) is 17.4. The van der Waals surface area contributed by atoms with E-state index in [4.69, 9.17) is 0 Å². The van der Waals surface area contributed by atoms with Gasteiger partial charge in [0.15, 0.2) is 5.96 Å². The molecule has 1 saturated carbocycles. The minimum atomic E-state index is 0.241. The maximum Gasteiger partial charge on any atom is 0.223 e. The number of hydrogen-bond acceptors (Lipinski definition) is 3. The van der Waals surface area contributed by atoms with Crippen LogP contribution < -0.4 is 10.6 Å². The Kier molecular flexibility index (Phi) is 6.41. The quantitative estimate of drug-likeness (QED) is 0.459. The van der Waals surface area contributed by atoms with Gasteiger partial charge in [-0.25, -0.2) is 0 Å². The second kappa shape index (κ2) is 8.09. The van der Waals surface area contributed by atoms with Gasteiger partial charge in [0.25, 0.3) is 0 Å². The fraction of sp³-hybridized carbons (Fsp3) is 0.875. The fourth-order valence-corrected chi connectivity index (χ4v) is 3.96.